The third kappa shape index (κ3) is 7.95. The van der Waals surface area contributed by atoms with E-state index >= 15 is 0 Å². The maximum Gasteiger partial charge on any atom is 0.248 e. The van der Waals surface area contributed by atoms with Crippen LogP contribution in [0.15, 0.2) is 60.8 Å². The van der Waals surface area contributed by atoms with Gasteiger partial charge >= 0.3 is 0 Å². The Morgan fingerprint density at radius 3 is 2.52 bits per heavy atom. The fourth-order valence-corrected chi connectivity index (χ4v) is 4.78. The van der Waals surface area contributed by atoms with Gasteiger partial charge in [0.05, 0.1) is 19.1 Å². The first-order valence-electron chi connectivity index (χ1n) is 14.1. The van der Waals surface area contributed by atoms with Gasteiger partial charge in [-0.2, -0.15) is 0 Å². The first-order valence-corrected chi connectivity index (χ1v) is 14.1. The van der Waals surface area contributed by atoms with Crippen molar-refractivity contribution in [3.8, 4) is 0 Å². The number of methoxy groups -OCH3 is 1. The van der Waals surface area contributed by atoms with Gasteiger partial charge in [0.25, 0.3) is 0 Å². The second-order valence-corrected chi connectivity index (χ2v) is 11.0. The number of aromatic nitrogens is 1. The van der Waals surface area contributed by atoms with Crippen LogP contribution in [0.2, 0.25) is 0 Å². The smallest absolute Gasteiger partial charge is 0.248 e. The molecule has 4 amide bonds. The van der Waals surface area contributed by atoms with Crippen molar-refractivity contribution in [3.63, 3.8) is 0 Å². The number of benzene rings is 2. The Morgan fingerprint density at radius 1 is 1.02 bits per heavy atom. The highest BCUT2D eigenvalue weighted by atomic mass is 16.6. The lowest BCUT2D eigenvalue weighted by Crippen LogP contribution is -2.57. The number of nitrogens with one attached hydrogen (secondary N) is 5. The monoisotopic (exact) mass is 577 g/mol. The molecule has 1 saturated carbocycles. The zero-order valence-electron chi connectivity index (χ0n) is 24.2. The SMILES string of the molecule is COC1CC1(NC(=O)[C@H](CC(=O)NOCC(C)C)NC(=O)CCc1ccccc1)C(=O)NCc1cccc2[nH]ccc12. The molecule has 0 spiro atoms. The molecular formula is C31H39N5O6. The van der Waals surface area contributed by atoms with Gasteiger partial charge in [0.2, 0.25) is 23.6 Å². The predicted molar refractivity (Wildman–Crippen MR) is 157 cm³/mol. The number of amides is 4. The van der Waals surface area contributed by atoms with Crippen molar-refractivity contribution >= 4 is 34.5 Å². The average molecular weight is 578 g/mol. The molecule has 1 aliphatic rings. The molecule has 11 heteroatoms. The summed E-state index contributed by atoms with van der Waals surface area (Å²) >= 11 is 0. The van der Waals surface area contributed by atoms with Gasteiger partial charge in [-0.25, -0.2) is 5.48 Å². The van der Waals surface area contributed by atoms with E-state index in [2.05, 4.69) is 26.4 Å². The minimum Gasteiger partial charge on any atom is -0.378 e. The van der Waals surface area contributed by atoms with E-state index in [1.165, 1.54) is 7.11 Å². The molecule has 4 rings (SSSR count). The standard InChI is InChI=1S/C31H39N5O6/c1-20(2)19-42-36-28(38)16-25(34-27(37)13-12-21-8-5-4-6-9-21)29(39)35-31(17-26(31)41-3)30(40)33-18-22-10-7-11-24-23(22)14-15-32-24/h4-11,14-15,20,25-26,32H,12-13,16-19H2,1-3H3,(H,33,40)(H,34,37)(H,35,39)(H,36,38)/t25-,26?,31?/m0/s1. The molecule has 0 aliphatic heterocycles. The number of carbonyl (C=O) groups is 4. The Hall–Kier alpha value is -4.22. The summed E-state index contributed by atoms with van der Waals surface area (Å²) in [5.41, 5.74) is 3.84. The molecule has 11 nitrogen and oxygen atoms in total. The minimum absolute atomic E-state index is 0.121. The molecular weight excluding hydrogens is 538 g/mol. The molecule has 3 aromatic rings. The lowest BCUT2D eigenvalue weighted by molar-refractivity contribution is -0.139. The number of ether oxygens (including phenoxy) is 1. The molecule has 2 aromatic carbocycles. The van der Waals surface area contributed by atoms with E-state index in [9.17, 15) is 19.2 Å². The maximum absolute atomic E-state index is 13.5. The van der Waals surface area contributed by atoms with Crippen molar-refractivity contribution in [2.75, 3.05) is 13.7 Å². The first-order chi connectivity index (χ1) is 20.2. The van der Waals surface area contributed by atoms with Crippen molar-refractivity contribution < 1.29 is 28.8 Å². The van der Waals surface area contributed by atoms with Crippen molar-refractivity contribution in [2.45, 2.75) is 63.8 Å². The highest BCUT2D eigenvalue weighted by Gasteiger charge is 2.62. The second-order valence-electron chi connectivity index (χ2n) is 11.0. The zero-order chi connectivity index (χ0) is 30.1. The molecule has 1 aliphatic carbocycles. The Bertz CT molecular complexity index is 1390. The Morgan fingerprint density at radius 2 is 1.81 bits per heavy atom. The summed E-state index contributed by atoms with van der Waals surface area (Å²) in [6, 6.07) is 16.0. The van der Waals surface area contributed by atoms with Crippen LogP contribution in [0, 0.1) is 5.92 Å². The molecule has 1 aromatic heterocycles. The van der Waals surface area contributed by atoms with E-state index in [-0.39, 0.29) is 31.7 Å². The molecule has 0 saturated heterocycles. The predicted octanol–water partition coefficient (Wildman–Crippen LogP) is 2.27. The fraction of sp³-hybridized carbons (Fsp3) is 0.419. The van der Waals surface area contributed by atoms with Crippen LogP contribution in [0.1, 0.15) is 44.2 Å². The van der Waals surface area contributed by atoms with Gasteiger partial charge in [-0.1, -0.05) is 56.3 Å². The number of aromatic amines is 1. The van der Waals surface area contributed by atoms with Gasteiger partial charge in [-0.05, 0) is 35.6 Å². The second kappa shape index (κ2) is 14.1. The number of fused-ring (bicyclic) bond motifs is 1. The van der Waals surface area contributed by atoms with Crippen molar-refractivity contribution in [1.82, 2.24) is 26.4 Å². The number of hydrogen-bond acceptors (Lipinski definition) is 6. The van der Waals surface area contributed by atoms with Gasteiger partial charge in [0.1, 0.15) is 11.6 Å². The Labute approximate surface area is 245 Å². The minimum atomic E-state index is -1.32. The van der Waals surface area contributed by atoms with Crippen LogP contribution < -0.4 is 21.4 Å². The van der Waals surface area contributed by atoms with Crippen molar-refractivity contribution in [1.29, 1.82) is 0 Å². The average Bonchev–Trinajstić information content (AvgIpc) is 3.47. The third-order valence-corrected chi connectivity index (χ3v) is 7.18. The normalized spacial score (nSPS) is 18.3. The van der Waals surface area contributed by atoms with E-state index < -0.39 is 41.3 Å². The highest BCUT2D eigenvalue weighted by Crippen LogP contribution is 2.39. The fourth-order valence-electron chi connectivity index (χ4n) is 4.78. The van der Waals surface area contributed by atoms with Gasteiger partial charge in [-0.3, -0.25) is 24.0 Å². The van der Waals surface area contributed by atoms with Crippen LogP contribution in [0.5, 0.6) is 0 Å². The molecule has 5 N–H and O–H groups in total. The molecule has 1 heterocycles. The summed E-state index contributed by atoms with van der Waals surface area (Å²) in [5.74, 6) is -1.85. The largest absolute Gasteiger partial charge is 0.378 e. The van der Waals surface area contributed by atoms with Gasteiger partial charge in [0.15, 0.2) is 0 Å². The highest BCUT2D eigenvalue weighted by molar-refractivity contribution is 5.99. The number of carbonyl (C=O) groups excluding carboxylic acids is 4. The Kier molecular flexibility index (Phi) is 10.3. The summed E-state index contributed by atoms with van der Waals surface area (Å²) in [5, 5.41) is 9.35. The molecule has 3 atom stereocenters. The number of H-pyrrole nitrogens is 1. The topological polar surface area (TPSA) is 151 Å². The van der Waals surface area contributed by atoms with Crippen LogP contribution >= 0.6 is 0 Å². The van der Waals surface area contributed by atoms with E-state index in [1.54, 1.807) is 0 Å². The lowest BCUT2D eigenvalue weighted by atomic mass is 10.1. The van der Waals surface area contributed by atoms with E-state index in [0.717, 1.165) is 22.0 Å². The van der Waals surface area contributed by atoms with Crippen molar-refractivity contribution in [2.24, 2.45) is 5.92 Å². The number of aryl methyl sites for hydroxylation is 1. The van der Waals surface area contributed by atoms with Gasteiger partial charge in [-0.15, -0.1) is 0 Å². The molecule has 1 fully saturated rings. The van der Waals surface area contributed by atoms with Crippen LogP contribution in [-0.2, 0) is 41.7 Å². The summed E-state index contributed by atoms with van der Waals surface area (Å²) < 4.78 is 5.45. The van der Waals surface area contributed by atoms with E-state index in [1.807, 2.05) is 74.6 Å². The van der Waals surface area contributed by atoms with Gasteiger partial charge in [0, 0.05) is 43.6 Å². The molecule has 0 bridgehead atoms. The summed E-state index contributed by atoms with van der Waals surface area (Å²) in [4.78, 5) is 60.7. The number of rotatable bonds is 15. The molecule has 0 radical (unpaired) electrons. The van der Waals surface area contributed by atoms with Crippen LogP contribution in [0.25, 0.3) is 10.9 Å². The third-order valence-electron chi connectivity index (χ3n) is 7.18. The van der Waals surface area contributed by atoms with E-state index in [4.69, 9.17) is 9.57 Å². The van der Waals surface area contributed by atoms with Crippen molar-refractivity contribution in [3.05, 3.63) is 71.9 Å². The summed E-state index contributed by atoms with van der Waals surface area (Å²) in [7, 11) is 1.47. The van der Waals surface area contributed by atoms with Gasteiger partial charge < -0.3 is 25.7 Å². The quantitative estimate of drug-likeness (QED) is 0.175. The maximum atomic E-state index is 13.5. The molecule has 42 heavy (non-hydrogen) atoms. The molecule has 224 valence electrons. The summed E-state index contributed by atoms with van der Waals surface area (Å²) in [6.45, 7) is 4.40. The van der Waals surface area contributed by atoms with Crippen LogP contribution in [0.4, 0.5) is 0 Å². The van der Waals surface area contributed by atoms with Crippen LogP contribution in [-0.4, -0.2) is 60.0 Å². The number of hydrogen-bond donors (Lipinski definition) is 5. The van der Waals surface area contributed by atoms with Crippen LogP contribution in [0.3, 0.4) is 0 Å². The van der Waals surface area contributed by atoms with E-state index in [0.29, 0.717) is 13.0 Å². The number of hydroxylamine groups is 1. The molecule has 2 unspecified atom stereocenters. The zero-order valence-corrected chi connectivity index (χ0v) is 24.2. The lowest BCUT2D eigenvalue weighted by Gasteiger charge is -2.23. The Balaban J connectivity index is 1.42. The summed E-state index contributed by atoms with van der Waals surface area (Å²) in [6.07, 6.45) is 1.76. The first kappa shape index (κ1) is 30.7.